The molecule has 0 heterocycles. The molecule has 2 atom stereocenters. The highest BCUT2D eigenvalue weighted by molar-refractivity contribution is 6.24. The van der Waals surface area contributed by atoms with Crippen molar-refractivity contribution in [3.8, 4) is 0 Å². The smallest absolute Gasteiger partial charge is 0.264 e. The molecule has 0 saturated heterocycles. The molecule has 1 amide bonds. The highest BCUT2D eigenvalue weighted by Crippen LogP contribution is 2.19. The molecule has 1 aromatic carbocycles. The minimum atomic E-state index is -0.281. The predicted molar refractivity (Wildman–Crippen MR) is 150 cm³/mol. The van der Waals surface area contributed by atoms with E-state index in [0.29, 0.717) is 13.1 Å². The fourth-order valence-corrected chi connectivity index (χ4v) is 4.20. The maximum atomic E-state index is 12.6. The standard InChI is InChI=1S/C31H41N3O/c1-5-7-14-27(6-2)24-34(31(35)22-32)23-25(3)30(21-29-17-12-9-13-18-29)33-26(4)19-20-28-15-10-8-11-16-28/h5-7,9-10,12-18,22,25,30,32-33H,1,4,8,11,19-21,23-24H2,2-3H3/b14-7-,27-6+,32-22?. The lowest BCUT2D eigenvalue weighted by molar-refractivity contribution is -0.123. The molecule has 1 aliphatic rings. The molecule has 1 aliphatic carbocycles. The zero-order valence-electron chi connectivity index (χ0n) is 21.4. The van der Waals surface area contributed by atoms with E-state index in [1.54, 1.807) is 11.0 Å². The summed E-state index contributed by atoms with van der Waals surface area (Å²) in [5, 5.41) is 11.3. The molecule has 4 nitrogen and oxygen atoms in total. The summed E-state index contributed by atoms with van der Waals surface area (Å²) in [5.41, 5.74) is 4.65. The Bertz CT molecular complexity index is 968. The number of allylic oxidation sites excluding steroid dienone is 8. The molecule has 186 valence electrons. The normalized spacial score (nSPS) is 15.3. The Hall–Kier alpha value is -3.40. The van der Waals surface area contributed by atoms with Crippen LogP contribution in [0, 0.1) is 11.3 Å². The van der Waals surface area contributed by atoms with Gasteiger partial charge in [0.25, 0.3) is 5.91 Å². The van der Waals surface area contributed by atoms with Crippen LogP contribution in [-0.4, -0.2) is 36.2 Å². The molecule has 0 aromatic heterocycles. The van der Waals surface area contributed by atoms with Crippen LogP contribution in [0.1, 0.15) is 45.1 Å². The van der Waals surface area contributed by atoms with Crippen LogP contribution in [0.2, 0.25) is 0 Å². The number of carbonyl (C=O) groups excluding carboxylic acids is 1. The van der Waals surface area contributed by atoms with Gasteiger partial charge in [-0.05, 0) is 56.1 Å². The summed E-state index contributed by atoms with van der Waals surface area (Å²) in [4.78, 5) is 14.4. The number of nitrogens with zero attached hydrogens (tertiary/aromatic N) is 1. The molecule has 4 heteroatoms. The van der Waals surface area contributed by atoms with Gasteiger partial charge in [-0.3, -0.25) is 4.79 Å². The number of rotatable bonds is 15. The van der Waals surface area contributed by atoms with E-state index < -0.39 is 0 Å². The Morgan fingerprint density at radius 3 is 2.66 bits per heavy atom. The van der Waals surface area contributed by atoms with Crippen molar-refractivity contribution in [1.29, 1.82) is 5.41 Å². The lowest BCUT2D eigenvalue weighted by atomic mass is 9.93. The Morgan fingerprint density at radius 1 is 1.26 bits per heavy atom. The second-order valence-electron chi connectivity index (χ2n) is 9.10. The zero-order valence-corrected chi connectivity index (χ0v) is 21.4. The summed E-state index contributed by atoms with van der Waals surface area (Å²) in [6.45, 7) is 13.2. The predicted octanol–water partition coefficient (Wildman–Crippen LogP) is 6.56. The van der Waals surface area contributed by atoms with Crippen LogP contribution in [0.25, 0.3) is 0 Å². The first-order valence-corrected chi connectivity index (χ1v) is 12.5. The number of benzene rings is 1. The molecule has 0 fully saturated rings. The van der Waals surface area contributed by atoms with Crippen LogP contribution < -0.4 is 5.32 Å². The average molecular weight is 472 g/mol. The van der Waals surface area contributed by atoms with Crippen LogP contribution >= 0.6 is 0 Å². The molecular weight excluding hydrogens is 430 g/mol. The van der Waals surface area contributed by atoms with E-state index in [0.717, 1.165) is 49.6 Å². The molecule has 0 saturated carbocycles. The Labute approximate surface area is 212 Å². The Morgan fingerprint density at radius 2 is 2.03 bits per heavy atom. The average Bonchev–Trinajstić information content (AvgIpc) is 2.89. The summed E-state index contributed by atoms with van der Waals surface area (Å²) >= 11 is 0. The molecule has 0 aliphatic heterocycles. The first-order chi connectivity index (χ1) is 17.0. The number of hydrogen-bond acceptors (Lipinski definition) is 3. The van der Waals surface area contributed by atoms with Crippen molar-refractivity contribution >= 4 is 12.1 Å². The van der Waals surface area contributed by atoms with Crippen molar-refractivity contribution < 1.29 is 4.79 Å². The van der Waals surface area contributed by atoms with Crippen molar-refractivity contribution in [1.82, 2.24) is 10.2 Å². The van der Waals surface area contributed by atoms with Crippen LogP contribution in [0.4, 0.5) is 0 Å². The third-order valence-corrected chi connectivity index (χ3v) is 6.30. The van der Waals surface area contributed by atoms with Crippen molar-refractivity contribution in [2.45, 2.75) is 52.0 Å². The summed E-state index contributed by atoms with van der Waals surface area (Å²) in [6, 6.07) is 10.5. The minimum absolute atomic E-state index is 0.111. The van der Waals surface area contributed by atoms with Gasteiger partial charge in [-0.2, -0.15) is 0 Å². The maximum absolute atomic E-state index is 12.6. The third-order valence-electron chi connectivity index (χ3n) is 6.30. The van der Waals surface area contributed by atoms with Gasteiger partial charge in [0.2, 0.25) is 0 Å². The van der Waals surface area contributed by atoms with Crippen molar-refractivity contribution in [3.63, 3.8) is 0 Å². The summed E-state index contributed by atoms with van der Waals surface area (Å²) in [7, 11) is 0. The van der Waals surface area contributed by atoms with E-state index in [9.17, 15) is 4.79 Å². The SMILES string of the molecule is C=C/C=C\C(=C/C)CN(CC(C)C(Cc1ccccc1)NC(=C)CCC1=CCCC=C1)C(=O)C=N. The van der Waals surface area contributed by atoms with Gasteiger partial charge in [0.05, 0.1) is 6.21 Å². The van der Waals surface area contributed by atoms with Crippen LogP contribution in [0.15, 0.2) is 103 Å². The first kappa shape index (κ1) is 27.8. The molecule has 2 rings (SSSR count). The molecular formula is C31H41N3O. The quantitative estimate of drug-likeness (QED) is 0.225. The van der Waals surface area contributed by atoms with E-state index in [-0.39, 0.29) is 17.9 Å². The highest BCUT2D eigenvalue weighted by atomic mass is 16.2. The van der Waals surface area contributed by atoms with Gasteiger partial charge in [0.15, 0.2) is 0 Å². The van der Waals surface area contributed by atoms with Crippen molar-refractivity contribution in [2.75, 3.05) is 13.1 Å². The number of amides is 1. The molecule has 0 spiro atoms. The van der Waals surface area contributed by atoms with E-state index >= 15 is 0 Å². The molecule has 1 aromatic rings. The Balaban J connectivity index is 2.13. The van der Waals surface area contributed by atoms with Gasteiger partial charge in [0.1, 0.15) is 0 Å². The Kier molecular flexibility index (Phi) is 12.3. The second kappa shape index (κ2) is 15.5. The molecule has 0 radical (unpaired) electrons. The summed E-state index contributed by atoms with van der Waals surface area (Å²) in [6.07, 6.45) is 20.2. The van der Waals surface area contributed by atoms with Crippen LogP contribution in [0.3, 0.4) is 0 Å². The molecule has 2 unspecified atom stereocenters. The van der Waals surface area contributed by atoms with Gasteiger partial charge >= 0.3 is 0 Å². The molecule has 0 bridgehead atoms. The lowest BCUT2D eigenvalue weighted by Gasteiger charge is -2.32. The van der Waals surface area contributed by atoms with E-state index in [4.69, 9.17) is 5.41 Å². The van der Waals surface area contributed by atoms with Crippen LogP contribution in [-0.2, 0) is 11.2 Å². The van der Waals surface area contributed by atoms with Crippen molar-refractivity contribution in [2.24, 2.45) is 5.92 Å². The fraction of sp³-hybridized carbons (Fsp3) is 0.355. The van der Waals surface area contributed by atoms with Gasteiger partial charge in [-0.1, -0.05) is 98.5 Å². The van der Waals surface area contributed by atoms with E-state index in [1.807, 2.05) is 31.2 Å². The summed E-state index contributed by atoms with van der Waals surface area (Å²) < 4.78 is 0. The van der Waals surface area contributed by atoms with Crippen LogP contribution in [0.5, 0.6) is 0 Å². The van der Waals surface area contributed by atoms with Gasteiger partial charge in [0, 0.05) is 24.8 Å². The van der Waals surface area contributed by atoms with Gasteiger partial charge < -0.3 is 15.6 Å². The summed E-state index contributed by atoms with van der Waals surface area (Å²) in [5.74, 6) is -0.136. The topological polar surface area (TPSA) is 56.2 Å². The highest BCUT2D eigenvalue weighted by Gasteiger charge is 2.23. The van der Waals surface area contributed by atoms with E-state index in [1.165, 1.54) is 11.1 Å². The largest absolute Gasteiger partial charge is 0.385 e. The third kappa shape index (κ3) is 10.2. The maximum Gasteiger partial charge on any atom is 0.264 e. The van der Waals surface area contributed by atoms with Crippen molar-refractivity contribution in [3.05, 3.63) is 108 Å². The van der Waals surface area contributed by atoms with E-state index in [2.05, 4.69) is 67.9 Å². The van der Waals surface area contributed by atoms with Gasteiger partial charge in [-0.15, -0.1) is 0 Å². The minimum Gasteiger partial charge on any atom is -0.385 e. The monoisotopic (exact) mass is 471 g/mol. The lowest BCUT2D eigenvalue weighted by Crippen LogP contribution is -2.44. The fourth-order valence-electron chi connectivity index (χ4n) is 4.20. The number of carbonyl (C=O) groups is 1. The number of nitrogens with one attached hydrogen (secondary N) is 2. The molecule has 35 heavy (non-hydrogen) atoms. The second-order valence-corrected chi connectivity index (χ2v) is 9.10. The number of hydrogen-bond donors (Lipinski definition) is 2. The first-order valence-electron chi connectivity index (χ1n) is 12.5. The van der Waals surface area contributed by atoms with Gasteiger partial charge in [-0.25, -0.2) is 0 Å². The zero-order chi connectivity index (χ0) is 25.5. The molecule has 2 N–H and O–H groups in total.